The minimum absolute atomic E-state index is 0.105. The third kappa shape index (κ3) is 3.17. The third-order valence-electron chi connectivity index (χ3n) is 3.50. The lowest BCUT2D eigenvalue weighted by Gasteiger charge is -2.12. The van der Waals surface area contributed by atoms with E-state index in [4.69, 9.17) is 22.0 Å². The molecule has 1 aliphatic carbocycles. The van der Waals surface area contributed by atoms with Gasteiger partial charge in [-0.15, -0.1) is 0 Å². The van der Waals surface area contributed by atoms with E-state index in [9.17, 15) is 17.6 Å². The summed E-state index contributed by atoms with van der Waals surface area (Å²) in [5.74, 6) is -2.90. The lowest BCUT2D eigenvalue weighted by molar-refractivity contribution is 0.0696. The molecule has 0 saturated heterocycles. The molecule has 1 N–H and O–H groups in total. The van der Waals surface area contributed by atoms with Gasteiger partial charge in [0.1, 0.15) is 5.82 Å². The summed E-state index contributed by atoms with van der Waals surface area (Å²) in [6.07, 6.45) is 1.33. The van der Waals surface area contributed by atoms with Crippen molar-refractivity contribution in [3.8, 4) is 6.07 Å². The van der Waals surface area contributed by atoms with Crippen LogP contribution in [0.25, 0.3) is 0 Å². The fourth-order valence-electron chi connectivity index (χ4n) is 2.10. The van der Waals surface area contributed by atoms with Crippen molar-refractivity contribution in [2.75, 3.05) is 5.75 Å². The molecule has 1 aliphatic rings. The van der Waals surface area contributed by atoms with Crippen LogP contribution < -0.4 is 0 Å². The molecule has 5 nitrogen and oxygen atoms in total. The molecular formula is C13H11ClFNO4S. The number of sulfone groups is 1. The predicted octanol–water partition coefficient (Wildman–Crippen LogP) is 2.64. The molecule has 0 bridgehead atoms. The van der Waals surface area contributed by atoms with Gasteiger partial charge in [0.15, 0.2) is 9.84 Å². The topological polar surface area (TPSA) is 95.2 Å². The number of benzene rings is 1. The maximum Gasteiger partial charge on any atom is 0.337 e. The summed E-state index contributed by atoms with van der Waals surface area (Å²) >= 11 is 5.51. The average Bonchev–Trinajstić information content (AvgIpc) is 3.11. The third-order valence-corrected chi connectivity index (χ3v) is 5.83. The molecule has 2 rings (SSSR count). The van der Waals surface area contributed by atoms with Crippen LogP contribution in [-0.4, -0.2) is 25.2 Å². The summed E-state index contributed by atoms with van der Waals surface area (Å²) in [6.45, 7) is 0. The molecule has 0 aromatic heterocycles. The number of nitrogens with zero attached hydrogens (tertiary/aromatic N) is 1. The Kier molecular flexibility index (Phi) is 3.95. The Labute approximate surface area is 125 Å². The van der Waals surface area contributed by atoms with Crippen molar-refractivity contribution in [3.63, 3.8) is 0 Å². The summed E-state index contributed by atoms with van der Waals surface area (Å²) in [5.41, 5.74) is -1.19. The molecule has 0 atom stereocenters. The normalized spacial score (nSPS) is 16.2. The standard InChI is InChI=1S/C13H11ClFNO4S/c14-11-9(12(17)18)5-8(6-10(11)15)21(19,20)7-13(1-2-13)3-4-16/h5-6H,1-3,7H2,(H,17,18). The molecule has 0 aliphatic heterocycles. The zero-order chi connectivity index (χ0) is 15.8. The Hall–Kier alpha value is -1.65. The first-order chi connectivity index (χ1) is 9.71. The van der Waals surface area contributed by atoms with Crippen molar-refractivity contribution in [1.82, 2.24) is 0 Å². The molecule has 0 radical (unpaired) electrons. The van der Waals surface area contributed by atoms with Crippen molar-refractivity contribution in [2.24, 2.45) is 5.41 Å². The lowest BCUT2D eigenvalue weighted by atomic mass is 10.1. The van der Waals surface area contributed by atoms with Crippen LogP contribution in [-0.2, 0) is 9.84 Å². The van der Waals surface area contributed by atoms with Gasteiger partial charge in [-0.05, 0) is 30.4 Å². The van der Waals surface area contributed by atoms with E-state index in [0.717, 1.165) is 6.07 Å². The van der Waals surface area contributed by atoms with Crippen molar-refractivity contribution in [3.05, 3.63) is 28.5 Å². The van der Waals surface area contributed by atoms with Crippen LogP contribution in [0.2, 0.25) is 5.02 Å². The molecule has 0 amide bonds. The van der Waals surface area contributed by atoms with Crippen LogP contribution in [0, 0.1) is 22.6 Å². The average molecular weight is 332 g/mol. The number of hydrogen-bond acceptors (Lipinski definition) is 4. The Morgan fingerprint density at radius 2 is 2.10 bits per heavy atom. The Morgan fingerprint density at radius 1 is 1.48 bits per heavy atom. The van der Waals surface area contributed by atoms with Crippen molar-refractivity contribution >= 4 is 27.4 Å². The summed E-state index contributed by atoms with van der Waals surface area (Å²) in [4.78, 5) is 10.5. The molecule has 1 fully saturated rings. The van der Waals surface area contributed by atoms with Gasteiger partial charge in [-0.3, -0.25) is 0 Å². The van der Waals surface area contributed by atoms with Gasteiger partial charge < -0.3 is 5.11 Å². The molecular weight excluding hydrogens is 321 g/mol. The van der Waals surface area contributed by atoms with Crippen LogP contribution >= 0.6 is 11.6 Å². The Bertz CT molecular complexity index is 750. The molecule has 1 aromatic rings. The number of carbonyl (C=O) groups is 1. The van der Waals surface area contributed by atoms with Gasteiger partial charge in [0.2, 0.25) is 0 Å². The molecule has 8 heteroatoms. The van der Waals surface area contributed by atoms with E-state index < -0.39 is 42.5 Å². The molecule has 1 saturated carbocycles. The first kappa shape index (κ1) is 15.7. The second kappa shape index (κ2) is 5.28. The van der Waals surface area contributed by atoms with Gasteiger partial charge in [0, 0.05) is 6.42 Å². The summed E-state index contributed by atoms with van der Waals surface area (Å²) in [5, 5.41) is 17.0. The number of carboxylic acid groups (broad SMARTS) is 1. The monoisotopic (exact) mass is 331 g/mol. The van der Waals surface area contributed by atoms with Gasteiger partial charge in [0.05, 0.1) is 27.3 Å². The van der Waals surface area contributed by atoms with Crippen molar-refractivity contribution in [1.29, 1.82) is 5.26 Å². The number of hydrogen-bond donors (Lipinski definition) is 1. The highest BCUT2D eigenvalue weighted by Gasteiger charge is 2.46. The van der Waals surface area contributed by atoms with Crippen molar-refractivity contribution < 1.29 is 22.7 Å². The zero-order valence-corrected chi connectivity index (χ0v) is 12.3. The molecule has 1 aromatic carbocycles. The van der Waals surface area contributed by atoms with E-state index >= 15 is 0 Å². The lowest BCUT2D eigenvalue weighted by Crippen LogP contribution is -2.18. The SMILES string of the molecule is N#CCC1(CS(=O)(=O)c2cc(F)c(Cl)c(C(=O)O)c2)CC1. The minimum Gasteiger partial charge on any atom is -0.478 e. The molecule has 0 unspecified atom stereocenters. The Morgan fingerprint density at radius 3 is 2.57 bits per heavy atom. The predicted molar refractivity (Wildman–Crippen MR) is 72.3 cm³/mol. The smallest absolute Gasteiger partial charge is 0.337 e. The second-order valence-corrected chi connectivity index (χ2v) is 7.53. The molecule has 0 heterocycles. The number of rotatable bonds is 5. The quantitative estimate of drug-likeness (QED) is 0.894. The van der Waals surface area contributed by atoms with E-state index in [-0.39, 0.29) is 12.2 Å². The highest BCUT2D eigenvalue weighted by atomic mass is 35.5. The molecule has 112 valence electrons. The summed E-state index contributed by atoms with van der Waals surface area (Å²) in [6, 6.07) is 3.51. The minimum atomic E-state index is -3.89. The number of aromatic carboxylic acids is 1. The van der Waals surface area contributed by atoms with Gasteiger partial charge in [-0.2, -0.15) is 5.26 Å². The number of halogens is 2. The first-order valence-electron chi connectivity index (χ1n) is 6.03. The van der Waals surface area contributed by atoms with E-state index in [1.165, 1.54) is 0 Å². The zero-order valence-electron chi connectivity index (χ0n) is 10.8. The van der Waals surface area contributed by atoms with Crippen LogP contribution in [0.3, 0.4) is 0 Å². The fourth-order valence-corrected chi connectivity index (χ4v) is 4.24. The summed E-state index contributed by atoms with van der Waals surface area (Å²) in [7, 11) is -3.89. The van der Waals surface area contributed by atoms with Crippen molar-refractivity contribution in [2.45, 2.75) is 24.2 Å². The maximum atomic E-state index is 13.6. The van der Waals surface area contributed by atoms with Crippen LogP contribution in [0.4, 0.5) is 4.39 Å². The van der Waals surface area contributed by atoms with Gasteiger partial charge in [-0.25, -0.2) is 17.6 Å². The summed E-state index contributed by atoms with van der Waals surface area (Å²) < 4.78 is 38.2. The Balaban J connectivity index is 2.42. The van der Waals surface area contributed by atoms with E-state index in [0.29, 0.717) is 18.9 Å². The van der Waals surface area contributed by atoms with Gasteiger partial charge in [-0.1, -0.05) is 11.6 Å². The molecule has 21 heavy (non-hydrogen) atoms. The molecule has 0 spiro atoms. The fraction of sp³-hybridized carbons (Fsp3) is 0.385. The number of nitriles is 1. The first-order valence-corrected chi connectivity index (χ1v) is 8.06. The second-order valence-electron chi connectivity index (χ2n) is 5.17. The van der Waals surface area contributed by atoms with E-state index in [2.05, 4.69) is 0 Å². The highest BCUT2D eigenvalue weighted by Crippen LogP contribution is 2.50. The van der Waals surface area contributed by atoms with Gasteiger partial charge >= 0.3 is 5.97 Å². The van der Waals surface area contributed by atoms with Crippen LogP contribution in [0.15, 0.2) is 17.0 Å². The van der Waals surface area contributed by atoms with Gasteiger partial charge in [0.25, 0.3) is 0 Å². The van der Waals surface area contributed by atoms with E-state index in [1.54, 1.807) is 0 Å². The van der Waals surface area contributed by atoms with Crippen LogP contribution in [0.5, 0.6) is 0 Å². The maximum absolute atomic E-state index is 13.6. The van der Waals surface area contributed by atoms with Crippen LogP contribution in [0.1, 0.15) is 29.6 Å². The number of carboxylic acids is 1. The van der Waals surface area contributed by atoms with E-state index in [1.807, 2.05) is 6.07 Å². The largest absolute Gasteiger partial charge is 0.478 e. The highest BCUT2D eigenvalue weighted by molar-refractivity contribution is 7.91.